The summed E-state index contributed by atoms with van der Waals surface area (Å²) in [4.78, 5) is 39.4. The van der Waals surface area contributed by atoms with Gasteiger partial charge in [-0.2, -0.15) is 0 Å². The number of methoxy groups -OCH3 is 1. The Morgan fingerprint density at radius 3 is 2.05 bits per heavy atom. The van der Waals surface area contributed by atoms with Crippen molar-refractivity contribution < 1.29 is 87.3 Å². The van der Waals surface area contributed by atoms with Crippen LogP contribution < -0.4 is 4.74 Å². The number of aliphatic hydroxyl groups is 5. The molecule has 0 bridgehead atoms. The van der Waals surface area contributed by atoms with Gasteiger partial charge in [0.15, 0.2) is 30.9 Å². The van der Waals surface area contributed by atoms with Crippen LogP contribution in [0, 0.1) is 11.8 Å². The van der Waals surface area contributed by atoms with Crippen molar-refractivity contribution in [2.24, 2.45) is 11.8 Å². The van der Waals surface area contributed by atoms with Crippen LogP contribution >= 0.6 is 0 Å². The van der Waals surface area contributed by atoms with E-state index in [-0.39, 0.29) is 0 Å². The average molecular weight is 841 g/mol. The van der Waals surface area contributed by atoms with Gasteiger partial charge < -0.3 is 72.9 Å². The Hall–Kier alpha value is -4.73. The van der Waals surface area contributed by atoms with Gasteiger partial charge in [-0.05, 0) is 48.4 Å². The van der Waals surface area contributed by atoms with Gasteiger partial charge in [0.25, 0.3) is 0 Å². The number of hydrogen-bond acceptors (Lipinski definition) is 18. The van der Waals surface area contributed by atoms with E-state index >= 15 is 0 Å². The van der Waals surface area contributed by atoms with Gasteiger partial charge in [0.2, 0.25) is 6.29 Å². The van der Waals surface area contributed by atoms with E-state index in [9.17, 15) is 39.9 Å². The molecule has 18 heteroatoms. The maximum atomic E-state index is 13.4. The third kappa shape index (κ3) is 8.99. The lowest BCUT2D eigenvalue weighted by Crippen LogP contribution is -2.62. The first-order chi connectivity index (χ1) is 28.9. The minimum atomic E-state index is -1.74. The molecule has 2 aromatic carbocycles. The van der Waals surface area contributed by atoms with Crippen molar-refractivity contribution in [1.29, 1.82) is 0 Å². The molecule has 18 nitrogen and oxygen atoms in total. The van der Waals surface area contributed by atoms with E-state index in [1.54, 1.807) is 61.5 Å². The van der Waals surface area contributed by atoms with Gasteiger partial charge in [-0.15, -0.1) is 0 Å². The fraction of sp³-hybridized carbons (Fsp3) is 0.500. The van der Waals surface area contributed by atoms with Crippen LogP contribution in [0.2, 0.25) is 0 Å². The van der Waals surface area contributed by atoms with Crippen molar-refractivity contribution in [2.75, 3.05) is 20.3 Å². The Morgan fingerprint density at radius 2 is 1.42 bits per heavy atom. The molecule has 7 rings (SSSR count). The second-order valence-corrected chi connectivity index (χ2v) is 15.0. The molecular weight excluding hydrogens is 792 g/mol. The van der Waals surface area contributed by atoms with E-state index in [0.29, 0.717) is 16.9 Å². The number of benzene rings is 2. The van der Waals surface area contributed by atoms with Crippen LogP contribution in [0.15, 0.2) is 79.1 Å². The maximum Gasteiger partial charge on any atom is 0.331 e. The van der Waals surface area contributed by atoms with Crippen molar-refractivity contribution in [3.63, 3.8) is 0 Å². The molecule has 5 aliphatic rings. The molecule has 4 fully saturated rings. The van der Waals surface area contributed by atoms with Gasteiger partial charge in [-0.25, -0.2) is 9.59 Å². The summed E-state index contributed by atoms with van der Waals surface area (Å²) in [6.07, 6.45) is -9.37. The van der Waals surface area contributed by atoms with Gasteiger partial charge in [-0.3, -0.25) is 4.79 Å². The Labute approximate surface area is 344 Å². The second-order valence-electron chi connectivity index (χ2n) is 15.0. The largest absolute Gasteiger partial charge is 0.497 e. The maximum absolute atomic E-state index is 13.4. The molecule has 4 heterocycles. The second kappa shape index (κ2) is 18.5. The van der Waals surface area contributed by atoms with Crippen LogP contribution in [0.1, 0.15) is 25.0 Å². The van der Waals surface area contributed by atoms with Crippen molar-refractivity contribution in [2.45, 2.75) is 99.4 Å². The van der Waals surface area contributed by atoms with Gasteiger partial charge >= 0.3 is 17.9 Å². The first-order valence-electron chi connectivity index (χ1n) is 19.4. The van der Waals surface area contributed by atoms with Crippen molar-refractivity contribution >= 4 is 30.1 Å². The Balaban J connectivity index is 1.14. The number of esters is 3. The number of rotatable bonds is 14. The average Bonchev–Trinajstić information content (AvgIpc) is 3.92. The molecule has 5 N–H and O–H groups in total. The SMILES string of the molecule is COc1ccc(/C=C/C(=O)O[C@@H]2[C@@H](OC(=O)/C=C/c3ccccc3)[C@@H](OC(C)=O)[C@H](O[C@H]3[C@@H]4C=CO[C@@H](O[C@@H]5O[C@H](CO)[C@@H](O)[C@H](O)[C@H]5O)[C@@H]4[C@@]4(CO)O[C@@H]34)O[C@H]2C)cc1. The summed E-state index contributed by atoms with van der Waals surface area (Å²) in [5.41, 5.74) is 0.0589. The summed E-state index contributed by atoms with van der Waals surface area (Å²) in [5, 5.41) is 51.7. The van der Waals surface area contributed by atoms with Crippen LogP contribution in [0.3, 0.4) is 0 Å². The van der Waals surface area contributed by atoms with E-state index in [0.717, 1.165) is 6.92 Å². The zero-order valence-corrected chi connectivity index (χ0v) is 32.8. The molecule has 3 saturated heterocycles. The van der Waals surface area contributed by atoms with E-state index in [4.69, 9.17) is 47.4 Å². The van der Waals surface area contributed by atoms with Gasteiger partial charge in [0.1, 0.15) is 41.9 Å². The fourth-order valence-electron chi connectivity index (χ4n) is 8.12. The molecular formula is C42H48O18. The molecule has 0 amide bonds. The van der Waals surface area contributed by atoms with E-state index in [2.05, 4.69) is 0 Å². The number of carbonyl (C=O) groups is 3. The van der Waals surface area contributed by atoms with Gasteiger partial charge in [0.05, 0.1) is 44.7 Å². The number of epoxide rings is 1. The summed E-state index contributed by atoms with van der Waals surface area (Å²) < 4.78 is 58.9. The van der Waals surface area contributed by atoms with E-state index in [1.165, 1.54) is 37.7 Å². The molecule has 0 spiro atoms. The number of aliphatic hydroxyl groups excluding tert-OH is 5. The van der Waals surface area contributed by atoms with Crippen molar-refractivity contribution in [3.05, 3.63) is 90.2 Å². The molecule has 60 heavy (non-hydrogen) atoms. The molecule has 16 atom stereocenters. The minimum absolute atomic E-state index is 0.532. The van der Waals surface area contributed by atoms with E-state index in [1.807, 2.05) is 6.07 Å². The normalized spacial score (nSPS) is 38.1. The highest BCUT2D eigenvalue weighted by Gasteiger charge is 2.77. The lowest BCUT2D eigenvalue weighted by atomic mass is 9.85. The lowest BCUT2D eigenvalue weighted by molar-refractivity contribution is -0.347. The standard InChI is InChI=1S/C42H48O18/c1-21-34(56-28(46)16-12-24-9-13-25(51-3)14-10-24)36(57-29(47)15-11-23-7-5-4-6-8-23)37(54-22(2)45)41(53-21)58-35-26-17-18-52-39(30(26)42(20-44)38(35)60-42)59-40-33(50)32(49)31(48)27(19-43)55-40/h4-18,21,26-27,30-41,43-44,48-50H,19-20H2,1-3H3/b15-11+,16-12+/t21-,26+,27+,30+,31+,32-,33+,34-,35-,36+,37+,38-,39-,40-,41-,42+/m0/s1. The summed E-state index contributed by atoms with van der Waals surface area (Å²) in [6, 6.07) is 15.9. The van der Waals surface area contributed by atoms with Crippen LogP contribution in [-0.4, -0.2) is 149 Å². The zero-order chi connectivity index (χ0) is 42.7. The predicted octanol–water partition coefficient (Wildman–Crippen LogP) is 0.370. The Kier molecular flexibility index (Phi) is 13.4. The number of carbonyl (C=O) groups excluding carboxylic acids is 3. The molecule has 1 aliphatic carbocycles. The zero-order valence-electron chi connectivity index (χ0n) is 32.8. The highest BCUT2D eigenvalue weighted by molar-refractivity contribution is 5.88. The fourth-order valence-corrected chi connectivity index (χ4v) is 8.12. The van der Waals surface area contributed by atoms with Gasteiger partial charge in [-0.1, -0.05) is 42.5 Å². The summed E-state index contributed by atoms with van der Waals surface area (Å²) in [6.45, 7) is 1.48. The third-order valence-electron chi connectivity index (χ3n) is 11.2. The number of hydrogen-bond donors (Lipinski definition) is 5. The molecule has 4 aliphatic heterocycles. The molecule has 324 valence electrons. The van der Waals surface area contributed by atoms with Crippen LogP contribution in [0.25, 0.3) is 12.2 Å². The highest BCUT2D eigenvalue weighted by Crippen LogP contribution is 2.61. The van der Waals surface area contributed by atoms with Crippen LogP contribution in [0.4, 0.5) is 0 Å². The Bertz CT molecular complexity index is 1900. The minimum Gasteiger partial charge on any atom is -0.497 e. The Morgan fingerprint density at radius 1 is 0.750 bits per heavy atom. The third-order valence-corrected chi connectivity index (χ3v) is 11.2. The highest BCUT2D eigenvalue weighted by atomic mass is 16.8. The summed E-state index contributed by atoms with van der Waals surface area (Å²) in [7, 11) is 1.53. The number of fused-ring (bicyclic) bond motifs is 3. The van der Waals surface area contributed by atoms with E-state index < -0.39 is 128 Å². The first kappa shape index (κ1) is 43.4. The predicted molar refractivity (Wildman–Crippen MR) is 203 cm³/mol. The molecule has 0 aromatic heterocycles. The molecule has 1 saturated carbocycles. The summed E-state index contributed by atoms with van der Waals surface area (Å²) in [5.74, 6) is -3.32. The number of ether oxygens (including phenoxy) is 10. The van der Waals surface area contributed by atoms with Gasteiger partial charge in [0, 0.05) is 25.0 Å². The summed E-state index contributed by atoms with van der Waals surface area (Å²) >= 11 is 0. The van der Waals surface area contributed by atoms with Crippen molar-refractivity contribution in [1.82, 2.24) is 0 Å². The topological polar surface area (TPSA) is 248 Å². The molecule has 2 aromatic rings. The van der Waals surface area contributed by atoms with Crippen molar-refractivity contribution in [3.8, 4) is 5.75 Å². The first-order valence-corrected chi connectivity index (χ1v) is 19.4. The smallest absolute Gasteiger partial charge is 0.331 e. The quantitative estimate of drug-likeness (QED) is 0.0746. The molecule has 0 unspecified atom stereocenters. The lowest BCUT2D eigenvalue weighted by Gasteiger charge is -2.45. The molecule has 0 radical (unpaired) electrons. The van der Waals surface area contributed by atoms with Crippen LogP contribution in [0.5, 0.6) is 5.75 Å². The van der Waals surface area contributed by atoms with Crippen LogP contribution in [-0.2, 0) is 57.0 Å². The monoisotopic (exact) mass is 840 g/mol.